The molecule has 0 amide bonds. The molecule has 0 fully saturated rings. The Labute approximate surface area is 132 Å². The van der Waals surface area contributed by atoms with E-state index in [9.17, 15) is 0 Å². The van der Waals surface area contributed by atoms with Crippen LogP contribution in [0, 0.1) is 0 Å². The van der Waals surface area contributed by atoms with Crippen LogP contribution in [0.5, 0.6) is 17.2 Å². The number of methoxy groups -OCH3 is 1. The molecule has 4 rings (SSSR count). The first-order valence-electron chi connectivity index (χ1n) is 7.31. The Kier molecular flexibility index (Phi) is 3.38. The Bertz CT molecular complexity index is 811. The zero-order valence-electron chi connectivity index (χ0n) is 12.7. The van der Waals surface area contributed by atoms with Gasteiger partial charge in [0.15, 0.2) is 11.5 Å². The van der Waals surface area contributed by atoms with E-state index in [1.54, 1.807) is 19.6 Å². The number of aromatic amines is 1. The summed E-state index contributed by atoms with van der Waals surface area (Å²) in [6.45, 7) is 1.01. The first-order chi connectivity index (χ1) is 11.3. The SMILES string of the molecule is COc1cc(-c2nccn2CCc2cnc[nH]2)cc2c1OCO2. The number of fused-ring (bicyclic) bond motifs is 1. The van der Waals surface area contributed by atoms with Crippen molar-refractivity contribution in [1.82, 2.24) is 19.5 Å². The number of hydrogen-bond donors (Lipinski definition) is 1. The first kappa shape index (κ1) is 13.7. The van der Waals surface area contributed by atoms with E-state index in [4.69, 9.17) is 14.2 Å². The van der Waals surface area contributed by atoms with Gasteiger partial charge in [0, 0.05) is 42.8 Å². The third-order valence-electron chi connectivity index (χ3n) is 3.81. The summed E-state index contributed by atoms with van der Waals surface area (Å²) >= 11 is 0. The average Bonchev–Trinajstić information content (AvgIpc) is 3.31. The van der Waals surface area contributed by atoms with Gasteiger partial charge in [-0.1, -0.05) is 0 Å². The molecule has 2 aromatic heterocycles. The van der Waals surface area contributed by atoms with Crippen LogP contribution < -0.4 is 14.2 Å². The second kappa shape index (κ2) is 5.68. The number of aromatic nitrogens is 4. The highest BCUT2D eigenvalue weighted by Gasteiger charge is 2.21. The van der Waals surface area contributed by atoms with E-state index in [-0.39, 0.29) is 6.79 Å². The van der Waals surface area contributed by atoms with E-state index in [0.717, 1.165) is 30.0 Å². The summed E-state index contributed by atoms with van der Waals surface area (Å²) in [5, 5.41) is 0. The normalized spacial score (nSPS) is 12.6. The van der Waals surface area contributed by atoms with Gasteiger partial charge in [0.25, 0.3) is 0 Å². The molecule has 0 bridgehead atoms. The van der Waals surface area contributed by atoms with Crippen LogP contribution in [-0.4, -0.2) is 33.4 Å². The fourth-order valence-electron chi connectivity index (χ4n) is 2.67. The summed E-state index contributed by atoms with van der Waals surface area (Å²) in [5.41, 5.74) is 2.02. The molecule has 1 aromatic carbocycles. The molecule has 0 spiro atoms. The molecule has 0 aliphatic carbocycles. The van der Waals surface area contributed by atoms with E-state index in [1.807, 2.05) is 24.5 Å². The number of hydrogen-bond acceptors (Lipinski definition) is 5. The predicted molar refractivity (Wildman–Crippen MR) is 82.6 cm³/mol. The van der Waals surface area contributed by atoms with Crippen molar-refractivity contribution in [3.63, 3.8) is 0 Å². The average molecular weight is 312 g/mol. The van der Waals surface area contributed by atoms with Crippen molar-refractivity contribution in [2.24, 2.45) is 0 Å². The maximum absolute atomic E-state index is 5.49. The summed E-state index contributed by atoms with van der Waals surface area (Å²) in [5.74, 6) is 2.84. The molecule has 1 aliphatic rings. The molecule has 7 heteroatoms. The van der Waals surface area contributed by atoms with E-state index >= 15 is 0 Å². The van der Waals surface area contributed by atoms with Crippen LogP contribution in [0.4, 0.5) is 0 Å². The van der Waals surface area contributed by atoms with E-state index in [0.29, 0.717) is 17.2 Å². The second-order valence-electron chi connectivity index (χ2n) is 5.18. The number of aryl methyl sites for hydroxylation is 2. The smallest absolute Gasteiger partial charge is 0.231 e. The number of nitrogens with one attached hydrogen (secondary N) is 1. The monoisotopic (exact) mass is 312 g/mol. The molecular weight excluding hydrogens is 296 g/mol. The lowest BCUT2D eigenvalue weighted by atomic mass is 10.1. The van der Waals surface area contributed by atoms with Gasteiger partial charge in [-0.15, -0.1) is 0 Å². The zero-order chi connectivity index (χ0) is 15.6. The Hall–Kier alpha value is -2.96. The van der Waals surface area contributed by atoms with Crippen LogP contribution in [0.3, 0.4) is 0 Å². The quantitative estimate of drug-likeness (QED) is 0.782. The van der Waals surface area contributed by atoms with Gasteiger partial charge in [0.2, 0.25) is 12.5 Å². The van der Waals surface area contributed by atoms with Crippen LogP contribution in [0.1, 0.15) is 5.69 Å². The van der Waals surface area contributed by atoms with Crippen LogP contribution >= 0.6 is 0 Å². The molecule has 1 aliphatic heterocycles. The van der Waals surface area contributed by atoms with Gasteiger partial charge in [-0.05, 0) is 12.1 Å². The Morgan fingerprint density at radius 2 is 2.30 bits per heavy atom. The van der Waals surface area contributed by atoms with Gasteiger partial charge in [-0.2, -0.15) is 0 Å². The predicted octanol–water partition coefficient (Wildman–Crippen LogP) is 2.25. The van der Waals surface area contributed by atoms with Gasteiger partial charge in [0.05, 0.1) is 13.4 Å². The highest BCUT2D eigenvalue weighted by Crippen LogP contribution is 2.43. The maximum Gasteiger partial charge on any atom is 0.231 e. The lowest BCUT2D eigenvalue weighted by Gasteiger charge is -2.10. The van der Waals surface area contributed by atoms with E-state index in [1.165, 1.54) is 0 Å². The number of imidazole rings is 2. The molecule has 3 aromatic rings. The second-order valence-corrected chi connectivity index (χ2v) is 5.18. The molecule has 0 radical (unpaired) electrons. The van der Waals surface area contributed by atoms with Gasteiger partial charge in [0.1, 0.15) is 5.82 Å². The summed E-state index contributed by atoms with van der Waals surface area (Å²) in [6.07, 6.45) is 8.13. The van der Waals surface area contributed by atoms with Crippen LogP contribution in [-0.2, 0) is 13.0 Å². The number of H-pyrrole nitrogens is 1. The van der Waals surface area contributed by atoms with Gasteiger partial charge < -0.3 is 23.8 Å². The van der Waals surface area contributed by atoms with Gasteiger partial charge in [-0.3, -0.25) is 0 Å². The molecule has 0 atom stereocenters. The van der Waals surface area contributed by atoms with Crippen molar-refractivity contribution in [1.29, 1.82) is 0 Å². The largest absolute Gasteiger partial charge is 0.493 e. The Balaban J connectivity index is 1.65. The van der Waals surface area contributed by atoms with Crippen molar-refractivity contribution in [3.8, 4) is 28.6 Å². The summed E-state index contributed by atoms with van der Waals surface area (Å²) in [7, 11) is 1.62. The fraction of sp³-hybridized carbons (Fsp3) is 0.250. The third-order valence-corrected chi connectivity index (χ3v) is 3.81. The zero-order valence-corrected chi connectivity index (χ0v) is 12.7. The molecular formula is C16H16N4O3. The molecule has 0 saturated carbocycles. The standard InChI is InChI=1S/C16H16N4O3/c1-21-13-6-11(7-14-15(13)23-10-22-14)16-18-3-5-20(16)4-2-12-8-17-9-19-12/h3,5-9H,2,4,10H2,1H3,(H,17,19). The molecule has 23 heavy (non-hydrogen) atoms. The lowest BCUT2D eigenvalue weighted by molar-refractivity contribution is 0.171. The van der Waals surface area contributed by atoms with Gasteiger partial charge in [-0.25, -0.2) is 9.97 Å². The minimum Gasteiger partial charge on any atom is -0.493 e. The third kappa shape index (κ3) is 2.50. The summed E-state index contributed by atoms with van der Waals surface area (Å²) in [4.78, 5) is 11.6. The van der Waals surface area contributed by atoms with Gasteiger partial charge >= 0.3 is 0 Å². The Morgan fingerprint density at radius 3 is 3.13 bits per heavy atom. The summed E-state index contributed by atoms with van der Waals surface area (Å²) in [6, 6.07) is 3.85. The molecule has 0 saturated heterocycles. The van der Waals surface area contributed by atoms with Crippen LogP contribution in [0.25, 0.3) is 11.4 Å². The summed E-state index contributed by atoms with van der Waals surface area (Å²) < 4.78 is 18.4. The molecule has 0 unspecified atom stereocenters. The van der Waals surface area contributed by atoms with E-state index < -0.39 is 0 Å². The highest BCUT2D eigenvalue weighted by atomic mass is 16.7. The van der Waals surface area contributed by atoms with Crippen molar-refractivity contribution >= 4 is 0 Å². The van der Waals surface area contributed by atoms with Crippen LogP contribution in [0.2, 0.25) is 0 Å². The highest BCUT2D eigenvalue weighted by molar-refractivity contribution is 5.67. The van der Waals surface area contributed by atoms with Crippen LogP contribution in [0.15, 0.2) is 37.1 Å². The van der Waals surface area contributed by atoms with E-state index in [2.05, 4.69) is 19.5 Å². The number of benzene rings is 1. The Morgan fingerprint density at radius 1 is 1.35 bits per heavy atom. The van der Waals surface area contributed by atoms with Crippen molar-refractivity contribution in [2.45, 2.75) is 13.0 Å². The molecule has 7 nitrogen and oxygen atoms in total. The first-order valence-corrected chi connectivity index (χ1v) is 7.31. The fourth-order valence-corrected chi connectivity index (χ4v) is 2.67. The maximum atomic E-state index is 5.49. The molecule has 118 valence electrons. The van der Waals surface area contributed by atoms with Crippen molar-refractivity contribution in [3.05, 3.63) is 42.7 Å². The molecule has 3 heterocycles. The van der Waals surface area contributed by atoms with Crippen molar-refractivity contribution in [2.75, 3.05) is 13.9 Å². The minimum atomic E-state index is 0.212. The number of ether oxygens (including phenoxy) is 3. The lowest BCUT2D eigenvalue weighted by Crippen LogP contribution is -2.03. The van der Waals surface area contributed by atoms with Crippen molar-refractivity contribution < 1.29 is 14.2 Å². The molecule has 1 N–H and O–H groups in total. The topological polar surface area (TPSA) is 74.2 Å². The number of rotatable bonds is 5. The minimum absolute atomic E-state index is 0.212. The number of nitrogens with zero attached hydrogens (tertiary/aromatic N) is 3.